The molecule has 1 aromatic carbocycles. The molecule has 25 heavy (non-hydrogen) atoms. The summed E-state index contributed by atoms with van der Waals surface area (Å²) in [6.45, 7) is 7.55. The third-order valence-electron chi connectivity index (χ3n) is 4.39. The van der Waals surface area contributed by atoms with Gasteiger partial charge < -0.3 is 9.64 Å². The highest BCUT2D eigenvalue weighted by Gasteiger charge is 2.18. The first-order chi connectivity index (χ1) is 12.3. The number of benzene rings is 1. The fourth-order valence-electron chi connectivity index (χ4n) is 3.06. The first-order valence-corrected chi connectivity index (χ1v) is 8.56. The Kier molecular flexibility index (Phi) is 4.43. The van der Waals surface area contributed by atoms with Gasteiger partial charge >= 0.3 is 0 Å². The number of rotatable bonds is 5. The van der Waals surface area contributed by atoms with Crippen LogP contribution in [0.1, 0.15) is 12.5 Å². The van der Waals surface area contributed by atoms with E-state index in [4.69, 9.17) is 4.74 Å². The Morgan fingerprint density at radius 3 is 2.56 bits per heavy atom. The number of anilines is 1. The highest BCUT2D eigenvalue weighted by Crippen LogP contribution is 2.17. The van der Waals surface area contributed by atoms with Crippen LogP contribution in [0.15, 0.2) is 36.4 Å². The molecular weight excluding hydrogens is 318 g/mol. The summed E-state index contributed by atoms with van der Waals surface area (Å²) in [7, 11) is 0. The summed E-state index contributed by atoms with van der Waals surface area (Å²) >= 11 is 0. The molecule has 0 atom stereocenters. The van der Waals surface area contributed by atoms with Gasteiger partial charge in [-0.05, 0) is 47.2 Å². The Hall–Kier alpha value is -2.74. The minimum absolute atomic E-state index is 0.665. The number of aromatic nitrogens is 5. The molecule has 0 spiro atoms. The van der Waals surface area contributed by atoms with Crippen molar-refractivity contribution in [2.45, 2.75) is 13.5 Å². The maximum Gasteiger partial charge on any atom is 0.200 e. The number of ether oxygens (including phenoxy) is 1. The Labute approximate surface area is 146 Å². The summed E-state index contributed by atoms with van der Waals surface area (Å²) in [4.78, 5) is 4.73. The lowest BCUT2D eigenvalue weighted by atomic mass is 10.2. The second-order valence-corrected chi connectivity index (χ2v) is 6.06. The van der Waals surface area contributed by atoms with Gasteiger partial charge in [-0.2, -0.15) is 0 Å². The molecule has 3 aromatic rings. The van der Waals surface area contributed by atoms with Gasteiger partial charge in [0.1, 0.15) is 5.75 Å². The number of tetrazole rings is 1. The van der Waals surface area contributed by atoms with Crippen LogP contribution in [0.2, 0.25) is 0 Å². The number of piperazine rings is 1. The van der Waals surface area contributed by atoms with Gasteiger partial charge in [-0.1, -0.05) is 12.1 Å². The lowest BCUT2D eigenvalue weighted by Gasteiger charge is -2.35. The van der Waals surface area contributed by atoms with Gasteiger partial charge in [0, 0.05) is 32.7 Å². The van der Waals surface area contributed by atoms with E-state index >= 15 is 0 Å². The fraction of sp³-hybridized carbons (Fsp3) is 0.412. The van der Waals surface area contributed by atoms with E-state index in [0.29, 0.717) is 12.3 Å². The van der Waals surface area contributed by atoms with Gasteiger partial charge in [-0.25, -0.2) is 0 Å². The molecule has 1 fully saturated rings. The largest absolute Gasteiger partial charge is 0.494 e. The molecule has 8 heteroatoms. The smallest absolute Gasteiger partial charge is 0.200 e. The van der Waals surface area contributed by atoms with Crippen molar-refractivity contribution in [3.05, 3.63) is 42.0 Å². The van der Waals surface area contributed by atoms with Crippen LogP contribution >= 0.6 is 0 Å². The second kappa shape index (κ2) is 7.02. The Morgan fingerprint density at radius 2 is 1.80 bits per heavy atom. The predicted octanol–water partition coefficient (Wildman–Crippen LogP) is 1.24. The first kappa shape index (κ1) is 15.8. The molecule has 0 unspecified atom stereocenters. The van der Waals surface area contributed by atoms with E-state index in [1.54, 1.807) is 0 Å². The molecule has 1 aliphatic rings. The van der Waals surface area contributed by atoms with E-state index in [2.05, 4.69) is 42.6 Å². The third-order valence-corrected chi connectivity index (χ3v) is 4.39. The van der Waals surface area contributed by atoms with Crippen molar-refractivity contribution in [2.75, 3.05) is 37.7 Å². The Bertz CT molecular complexity index is 824. The second-order valence-electron chi connectivity index (χ2n) is 6.06. The average molecular weight is 339 g/mol. The maximum atomic E-state index is 5.50. The first-order valence-electron chi connectivity index (χ1n) is 8.56. The van der Waals surface area contributed by atoms with Gasteiger partial charge in [0.25, 0.3) is 0 Å². The predicted molar refractivity (Wildman–Crippen MR) is 93.7 cm³/mol. The van der Waals surface area contributed by atoms with Crippen LogP contribution in [0.3, 0.4) is 0 Å². The monoisotopic (exact) mass is 339 g/mol. The van der Waals surface area contributed by atoms with Gasteiger partial charge in [0.05, 0.1) is 6.61 Å². The van der Waals surface area contributed by atoms with Crippen LogP contribution in [0.5, 0.6) is 5.75 Å². The van der Waals surface area contributed by atoms with E-state index in [9.17, 15) is 0 Å². The normalized spacial score (nSPS) is 15.6. The lowest BCUT2D eigenvalue weighted by Crippen LogP contribution is -2.46. The molecule has 3 heterocycles. The Morgan fingerprint density at radius 1 is 1.00 bits per heavy atom. The molecule has 0 amide bonds. The summed E-state index contributed by atoms with van der Waals surface area (Å²) in [5, 5.41) is 15.8. The topological polar surface area (TPSA) is 71.7 Å². The van der Waals surface area contributed by atoms with Crippen LogP contribution in [0.25, 0.3) is 5.65 Å². The number of fused-ring (bicyclic) bond motifs is 1. The van der Waals surface area contributed by atoms with Gasteiger partial charge in [0.15, 0.2) is 11.5 Å². The molecule has 0 radical (unpaired) electrons. The van der Waals surface area contributed by atoms with Crippen molar-refractivity contribution in [1.29, 1.82) is 0 Å². The van der Waals surface area contributed by atoms with Crippen LogP contribution in [-0.4, -0.2) is 62.9 Å². The Balaban J connectivity index is 1.34. The average Bonchev–Trinajstić information content (AvgIpc) is 3.12. The summed E-state index contributed by atoms with van der Waals surface area (Å²) in [6, 6.07) is 12.2. The molecule has 130 valence electrons. The highest BCUT2D eigenvalue weighted by atomic mass is 16.5. The van der Waals surface area contributed by atoms with Crippen molar-refractivity contribution >= 4 is 11.5 Å². The minimum atomic E-state index is 0.665. The molecule has 0 N–H and O–H groups in total. The van der Waals surface area contributed by atoms with E-state index in [1.807, 2.05) is 31.2 Å². The standard InChI is InChI=1S/C17H21N7O/c1-2-25-15-5-3-14(4-6-15)13-22-9-11-23(12-10-22)17-8-7-16-18-20-21-24(16)19-17/h3-8H,2,9-13H2,1H3. The molecule has 2 aromatic heterocycles. The van der Waals surface area contributed by atoms with E-state index < -0.39 is 0 Å². The van der Waals surface area contributed by atoms with Crippen molar-refractivity contribution in [2.24, 2.45) is 0 Å². The van der Waals surface area contributed by atoms with E-state index in [1.165, 1.54) is 10.2 Å². The van der Waals surface area contributed by atoms with Crippen molar-refractivity contribution < 1.29 is 4.74 Å². The molecular formula is C17H21N7O. The van der Waals surface area contributed by atoms with Gasteiger partial charge in [-0.15, -0.1) is 14.8 Å². The molecule has 0 bridgehead atoms. The minimum Gasteiger partial charge on any atom is -0.494 e. The fourth-order valence-corrected chi connectivity index (χ4v) is 3.06. The molecule has 4 rings (SSSR count). The lowest BCUT2D eigenvalue weighted by molar-refractivity contribution is 0.249. The van der Waals surface area contributed by atoms with Crippen molar-refractivity contribution in [3.8, 4) is 5.75 Å². The molecule has 8 nitrogen and oxygen atoms in total. The highest BCUT2D eigenvalue weighted by molar-refractivity contribution is 5.44. The quantitative estimate of drug-likeness (QED) is 0.692. The maximum absolute atomic E-state index is 5.50. The molecule has 0 aliphatic carbocycles. The molecule has 1 saturated heterocycles. The molecule has 1 aliphatic heterocycles. The number of hydrogen-bond acceptors (Lipinski definition) is 7. The van der Waals surface area contributed by atoms with Crippen LogP contribution in [-0.2, 0) is 6.54 Å². The van der Waals surface area contributed by atoms with Crippen LogP contribution < -0.4 is 9.64 Å². The summed E-state index contributed by atoms with van der Waals surface area (Å²) in [5.74, 6) is 1.85. The van der Waals surface area contributed by atoms with Crippen molar-refractivity contribution in [1.82, 2.24) is 30.2 Å². The zero-order chi connectivity index (χ0) is 17.1. The molecule has 0 saturated carbocycles. The number of nitrogens with zero attached hydrogens (tertiary/aromatic N) is 7. The van der Waals surface area contributed by atoms with Gasteiger partial charge in [-0.3, -0.25) is 4.90 Å². The summed E-state index contributed by atoms with van der Waals surface area (Å²) < 4.78 is 6.97. The van der Waals surface area contributed by atoms with Crippen molar-refractivity contribution in [3.63, 3.8) is 0 Å². The SMILES string of the molecule is CCOc1ccc(CN2CCN(c3ccc4nnnn4n3)CC2)cc1. The zero-order valence-corrected chi connectivity index (χ0v) is 14.2. The van der Waals surface area contributed by atoms with E-state index in [0.717, 1.165) is 44.3 Å². The zero-order valence-electron chi connectivity index (χ0n) is 14.2. The summed E-state index contributed by atoms with van der Waals surface area (Å²) in [6.07, 6.45) is 0. The van der Waals surface area contributed by atoms with Gasteiger partial charge in [0.2, 0.25) is 0 Å². The summed E-state index contributed by atoms with van der Waals surface area (Å²) in [5.41, 5.74) is 1.98. The van der Waals surface area contributed by atoms with Crippen LogP contribution in [0, 0.1) is 0 Å². The van der Waals surface area contributed by atoms with Crippen LogP contribution in [0.4, 0.5) is 5.82 Å². The third kappa shape index (κ3) is 3.53. The number of hydrogen-bond donors (Lipinski definition) is 0. The van der Waals surface area contributed by atoms with E-state index in [-0.39, 0.29) is 0 Å².